The Bertz CT molecular complexity index is 253. The third kappa shape index (κ3) is 3.25. The Balaban J connectivity index is 1.38. The first kappa shape index (κ1) is 12.9. The second-order valence-corrected chi connectivity index (χ2v) is 6.53. The number of hydrogen-bond acceptors (Lipinski definition) is 3. The summed E-state index contributed by atoms with van der Waals surface area (Å²) in [6.45, 7) is 8.20. The van der Waals surface area contributed by atoms with Gasteiger partial charge in [-0.15, -0.1) is 0 Å². The number of nitrogens with one attached hydrogen (secondary N) is 1. The first-order chi connectivity index (χ1) is 8.83. The van der Waals surface area contributed by atoms with Crippen LogP contribution in [0.1, 0.15) is 39.0 Å². The molecular weight excluding hydrogens is 224 g/mol. The van der Waals surface area contributed by atoms with E-state index in [1.807, 2.05) is 0 Å². The SMILES string of the molecule is CC(C1CCOC1)N1CCC(NCC2CC2)CC1. The van der Waals surface area contributed by atoms with E-state index in [4.69, 9.17) is 4.74 Å². The molecule has 3 rings (SSSR count). The monoisotopic (exact) mass is 252 g/mol. The van der Waals surface area contributed by atoms with Crippen LogP contribution in [0.5, 0.6) is 0 Å². The molecule has 3 nitrogen and oxygen atoms in total. The lowest BCUT2D eigenvalue weighted by Gasteiger charge is -2.38. The van der Waals surface area contributed by atoms with Gasteiger partial charge in [-0.2, -0.15) is 0 Å². The molecular formula is C15H28N2O. The first-order valence-electron chi connectivity index (χ1n) is 7.88. The number of hydrogen-bond donors (Lipinski definition) is 1. The second kappa shape index (κ2) is 5.89. The van der Waals surface area contributed by atoms with Crippen molar-refractivity contribution in [2.24, 2.45) is 11.8 Å². The predicted molar refractivity (Wildman–Crippen MR) is 73.7 cm³/mol. The molecule has 1 N–H and O–H groups in total. The summed E-state index contributed by atoms with van der Waals surface area (Å²) in [6.07, 6.45) is 6.87. The third-order valence-corrected chi connectivity index (χ3v) is 5.14. The lowest BCUT2D eigenvalue weighted by Crippen LogP contribution is -2.48. The summed E-state index contributed by atoms with van der Waals surface area (Å²) >= 11 is 0. The van der Waals surface area contributed by atoms with Crippen LogP contribution in [0.4, 0.5) is 0 Å². The highest BCUT2D eigenvalue weighted by Crippen LogP contribution is 2.28. The molecule has 0 bridgehead atoms. The second-order valence-electron chi connectivity index (χ2n) is 6.53. The standard InChI is InChI=1S/C15H28N2O/c1-12(14-6-9-18-11-14)17-7-4-15(5-8-17)16-10-13-2-3-13/h12-16H,2-11H2,1H3. The lowest BCUT2D eigenvalue weighted by molar-refractivity contribution is 0.100. The Morgan fingerprint density at radius 3 is 2.56 bits per heavy atom. The first-order valence-corrected chi connectivity index (χ1v) is 7.88. The lowest BCUT2D eigenvalue weighted by atomic mass is 9.95. The van der Waals surface area contributed by atoms with Crippen molar-refractivity contribution in [3.05, 3.63) is 0 Å². The minimum Gasteiger partial charge on any atom is -0.381 e. The molecule has 1 saturated carbocycles. The van der Waals surface area contributed by atoms with Gasteiger partial charge in [-0.25, -0.2) is 0 Å². The quantitative estimate of drug-likeness (QED) is 0.808. The highest BCUT2D eigenvalue weighted by molar-refractivity contribution is 4.85. The van der Waals surface area contributed by atoms with Gasteiger partial charge in [0.1, 0.15) is 0 Å². The van der Waals surface area contributed by atoms with E-state index in [1.54, 1.807) is 0 Å². The Morgan fingerprint density at radius 1 is 1.17 bits per heavy atom. The topological polar surface area (TPSA) is 24.5 Å². The molecule has 1 aliphatic carbocycles. The fraction of sp³-hybridized carbons (Fsp3) is 1.00. The fourth-order valence-corrected chi connectivity index (χ4v) is 3.40. The van der Waals surface area contributed by atoms with E-state index in [-0.39, 0.29) is 0 Å². The van der Waals surface area contributed by atoms with Gasteiger partial charge in [-0.1, -0.05) is 0 Å². The summed E-state index contributed by atoms with van der Waals surface area (Å²) < 4.78 is 5.52. The minimum absolute atomic E-state index is 0.719. The van der Waals surface area contributed by atoms with E-state index in [0.29, 0.717) is 0 Å². The summed E-state index contributed by atoms with van der Waals surface area (Å²) in [4.78, 5) is 2.69. The van der Waals surface area contributed by atoms with E-state index >= 15 is 0 Å². The van der Waals surface area contributed by atoms with Gasteiger partial charge >= 0.3 is 0 Å². The van der Waals surface area contributed by atoms with Crippen LogP contribution in [0.25, 0.3) is 0 Å². The Morgan fingerprint density at radius 2 is 1.94 bits per heavy atom. The number of likely N-dealkylation sites (tertiary alicyclic amines) is 1. The van der Waals surface area contributed by atoms with Gasteiger partial charge in [-0.05, 0) is 70.5 Å². The maximum absolute atomic E-state index is 5.52. The molecule has 0 aromatic carbocycles. The number of rotatable bonds is 5. The maximum Gasteiger partial charge on any atom is 0.0509 e. The highest BCUT2D eigenvalue weighted by Gasteiger charge is 2.30. The van der Waals surface area contributed by atoms with Crippen molar-refractivity contribution in [1.82, 2.24) is 10.2 Å². The zero-order chi connectivity index (χ0) is 12.4. The molecule has 2 atom stereocenters. The van der Waals surface area contributed by atoms with Gasteiger partial charge in [0.15, 0.2) is 0 Å². The molecule has 3 heteroatoms. The van der Waals surface area contributed by atoms with Crippen LogP contribution < -0.4 is 5.32 Å². The molecule has 2 heterocycles. The van der Waals surface area contributed by atoms with Gasteiger partial charge in [0.05, 0.1) is 6.61 Å². The van der Waals surface area contributed by atoms with Crippen molar-refractivity contribution >= 4 is 0 Å². The van der Waals surface area contributed by atoms with E-state index in [9.17, 15) is 0 Å². The molecule has 104 valence electrons. The summed E-state index contributed by atoms with van der Waals surface area (Å²) in [5, 5.41) is 3.76. The molecule has 0 amide bonds. The molecule has 0 radical (unpaired) electrons. The van der Waals surface area contributed by atoms with Crippen LogP contribution >= 0.6 is 0 Å². The molecule has 18 heavy (non-hydrogen) atoms. The van der Waals surface area contributed by atoms with Gasteiger partial charge in [0, 0.05) is 18.7 Å². The number of piperidine rings is 1. The van der Waals surface area contributed by atoms with Crippen LogP contribution in [-0.2, 0) is 4.74 Å². The minimum atomic E-state index is 0.719. The van der Waals surface area contributed by atoms with Crippen molar-refractivity contribution in [1.29, 1.82) is 0 Å². The molecule has 3 fully saturated rings. The highest BCUT2D eigenvalue weighted by atomic mass is 16.5. The fourth-order valence-electron chi connectivity index (χ4n) is 3.40. The van der Waals surface area contributed by atoms with E-state index in [2.05, 4.69) is 17.1 Å². The Hall–Kier alpha value is -0.120. The molecule has 2 aliphatic heterocycles. The van der Waals surface area contributed by atoms with Crippen LogP contribution in [0.2, 0.25) is 0 Å². The van der Waals surface area contributed by atoms with E-state index < -0.39 is 0 Å². The molecule has 0 aromatic rings. The number of nitrogens with zero attached hydrogens (tertiary/aromatic N) is 1. The molecule has 2 unspecified atom stereocenters. The van der Waals surface area contributed by atoms with Crippen molar-refractivity contribution in [2.75, 3.05) is 32.8 Å². The smallest absolute Gasteiger partial charge is 0.0509 e. The van der Waals surface area contributed by atoms with Crippen LogP contribution in [0, 0.1) is 11.8 Å². The van der Waals surface area contributed by atoms with E-state index in [1.165, 1.54) is 51.7 Å². The van der Waals surface area contributed by atoms with Crippen molar-refractivity contribution < 1.29 is 4.74 Å². The van der Waals surface area contributed by atoms with Crippen LogP contribution in [-0.4, -0.2) is 49.8 Å². The Labute approximate surface area is 111 Å². The molecule has 3 aliphatic rings. The summed E-state index contributed by atoms with van der Waals surface area (Å²) in [5.41, 5.74) is 0. The average molecular weight is 252 g/mol. The average Bonchev–Trinajstić information content (AvgIpc) is 3.08. The predicted octanol–water partition coefficient (Wildman–Crippen LogP) is 1.88. The third-order valence-electron chi connectivity index (χ3n) is 5.14. The van der Waals surface area contributed by atoms with Gasteiger partial charge in [-0.3, -0.25) is 0 Å². The van der Waals surface area contributed by atoms with Crippen molar-refractivity contribution in [3.8, 4) is 0 Å². The van der Waals surface area contributed by atoms with Crippen LogP contribution in [0.3, 0.4) is 0 Å². The molecule has 0 aromatic heterocycles. The summed E-state index contributed by atoms with van der Waals surface area (Å²) in [5.74, 6) is 1.79. The van der Waals surface area contributed by atoms with Gasteiger partial charge < -0.3 is 15.0 Å². The largest absolute Gasteiger partial charge is 0.381 e. The zero-order valence-electron chi connectivity index (χ0n) is 11.7. The summed E-state index contributed by atoms with van der Waals surface area (Å²) in [7, 11) is 0. The van der Waals surface area contributed by atoms with Crippen LogP contribution in [0.15, 0.2) is 0 Å². The van der Waals surface area contributed by atoms with Crippen molar-refractivity contribution in [2.45, 2.75) is 51.1 Å². The van der Waals surface area contributed by atoms with Crippen molar-refractivity contribution in [3.63, 3.8) is 0 Å². The normalized spacial score (nSPS) is 32.8. The molecule has 2 saturated heterocycles. The Kier molecular flexibility index (Phi) is 4.22. The van der Waals surface area contributed by atoms with E-state index in [0.717, 1.165) is 37.1 Å². The zero-order valence-corrected chi connectivity index (χ0v) is 11.7. The summed E-state index contributed by atoms with van der Waals surface area (Å²) in [6, 6.07) is 1.51. The van der Waals surface area contributed by atoms with Gasteiger partial charge in [0.2, 0.25) is 0 Å². The molecule has 0 spiro atoms. The number of ether oxygens (including phenoxy) is 1. The van der Waals surface area contributed by atoms with Gasteiger partial charge in [0.25, 0.3) is 0 Å². The maximum atomic E-state index is 5.52.